The van der Waals surface area contributed by atoms with Gasteiger partial charge in [-0.1, -0.05) is 75.2 Å². The number of rotatable bonds is 15. The van der Waals surface area contributed by atoms with E-state index in [0.717, 1.165) is 30.4 Å². The van der Waals surface area contributed by atoms with Gasteiger partial charge >= 0.3 is 6.09 Å². The molecule has 0 aromatic heterocycles. The van der Waals surface area contributed by atoms with Crippen LogP contribution in [0.3, 0.4) is 0 Å². The van der Waals surface area contributed by atoms with Crippen LogP contribution in [0.25, 0.3) is 6.08 Å². The number of carbonyl (C=O) groups excluding carboxylic acids is 4. The van der Waals surface area contributed by atoms with E-state index in [1.54, 1.807) is 39.0 Å². The summed E-state index contributed by atoms with van der Waals surface area (Å²) in [5.74, 6) is -1.52. The highest BCUT2D eigenvalue weighted by molar-refractivity contribution is 5.99. The van der Waals surface area contributed by atoms with Crippen LogP contribution in [0, 0.1) is 6.92 Å². The number of nitrogens with zero attached hydrogens (tertiary/aromatic N) is 1. The van der Waals surface area contributed by atoms with Crippen molar-refractivity contribution >= 4 is 35.6 Å². The Hall–Kier alpha value is -4.14. The first-order valence-electron chi connectivity index (χ1n) is 14.5. The van der Waals surface area contributed by atoms with Crippen LogP contribution in [0.5, 0.6) is 0 Å². The predicted molar refractivity (Wildman–Crippen MR) is 167 cm³/mol. The van der Waals surface area contributed by atoms with Gasteiger partial charge < -0.3 is 26.0 Å². The molecule has 9 heteroatoms. The smallest absolute Gasteiger partial charge is 0.408 e. The van der Waals surface area contributed by atoms with E-state index in [4.69, 9.17) is 10.5 Å². The molecule has 0 spiro atoms. The van der Waals surface area contributed by atoms with Crippen molar-refractivity contribution in [3.63, 3.8) is 0 Å². The number of amides is 4. The zero-order valence-electron chi connectivity index (χ0n) is 25.6. The van der Waals surface area contributed by atoms with Crippen LogP contribution in [0.1, 0.15) is 89.0 Å². The number of anilines is 1. The molecule has 2 atom stereocenters. The molecular weight excluding hydrogens is 532 g/mol. The molecule has 0 fully saturated rings. The second-order valence-electron chi connectivity index (χ2n) is 11.4. The highest BCUT2D eigenvalue weighted by atomic mass is 16.6. The summed E-state index contributed by atoms with van der Waals surface area (Å²) in [6, 6.07) is 12.5. The number of hydrogen-bond acceptors (Lipinski definition) is 5. The Labute approximate surface area is 249 Å². The Morgan fingerprint density at radius 2 is 1.76 bits per heavy atom. The van der Waals surface area contributed by atoms with E-state index in [1.165, 1.54) is 4.90 Å². The third-order valence-corrected chi connectivity index (χ3v) is 6.63. The van der Waals surface area contributed by atoms with Crippen molar-refractivity contribution in [3.05, 3.63) is 71.8 Å². The summed E-state index contributed by atoms with van der Waals surface area (Å²) >= 11 is 0. The Balaban J connectivity index is 2.59. The maximum atomic E-state index is 14.3. The number of hydrogen-bond donors (Lipinski definition) is 3. The lowest BCUT2D eigenvalue weighted by atomic mass is 9.98. The van der Waals surface area contributed by atoms with Gasteiger partial charge in [-0.25, -0.2) is 4.79 Å². The molecule has 228 valence electrons. The van der Waals surface area contributed by atoms with Crippen molar-refractivity contribution in [1.29, 1.82) is 0 Å². The summed E-state index contributed by atoms with van der Waals surface area (Å²) in [4.78, 5) is 54.4. The molecule has 2 aromatic carbocycles. The number of aryl methyl sites for hydroxylation is 1. The molecule has 4 amide bonds. The lowest BCUT2D eigenvalue weighted by Crippen LogP contribution is -2.52. The lowest BCUT2D eigenvalue weighted by molar-refractivity contribution is -0.141. The summed E-state index contributed by atoms with van der Waals surface area (Å²) in [6.07, 6.45) is 4.15. The van der Waals surface area contributed by atoms with Gasteiger partial charge in [0.1, 0.15) is 17.7 Å². The molecule has 4 N–H and O–H groups in total. The molecule has 0 saturated carbocycles. The Morgan fingerprint density at radius 3 is 2.38 bits per heavy atom. The number of primary amides is 1. The van der Waals surface area contributed by atoms with Crippen molar-refractivity contribution in [3.8, 4) is 0 Å². The van der Waals surface area contributed by atoms with Crippen molar-refractivity contribution in [2.45, 2.75) is 90.8 Å². The first-order chi connectivity index (χ1) is 19.9. The Bertz CT molecular complexity index is 1240. The van der Waals surface area contributed by atoms with Crippen LogP contribution < -0.4 is 16.4 Å². The molecule has 0 saturated heterocycles. The van der Waals surface area contributed by atoms with E-state index in [1.807, 2.05) is 43.3 Å². The molecule has 0 aliphatic rings. The van der Waals surface area contributed by atoms with Crippen LogP contribution >= 0.6 is 0 Å². The van der Waals surface area contributed by atoms with Crippen LogP contribution in [0.4, 0.5) is 10.5 Å². The van der Waals surface area contributed by atoms with Crippen molar-refractivity contribution in [1.82, 2.24) is 10.2 Å². The highest BCUT2D eigenvalue weighted by Gasteiger charge is 2.36. The standard InChI is InChI=1S/C33H46N4O5/c1-7-9-10-13-21-37(31(40)27(19-20-28(34)38)36-32(41)42-33(4,5)6)29(25-17-14-16-24(8-2)22-25)30(39)35-26-18-12-11-15-23(26)3/h8,11-12,14-18,22,27,29H,2,7,9-10,13,19-21H2,1,3-6H3,(H2,34,38)(H,35,39)(H,36,41). The highest BCUT2D eigenvalue weighted by Crippen LogP contribution is 2.27. The van der Waals surface area contributed by atoms with Gasteiger partial charge in [-0.3, -0.25) is 14.4 Å². The van der Waals surface area contributed by atoms with Crippen molar-refractivity contribution < 1.29 is 23.9 Å². The summed E-state index contributed by atoms with van der Waals surface area (Å²) in [7, 11) is 0. The summed E-state index contributed by atoms with van der Waals surface area (Å²) in [5, 5.41) is 5.63. The molecule has 0 heterocycles. The molecule has 2 unspecified atom stereocenters. The van der Waals surface area contributed by atoms with Crippen molar-refractivity contribution in [2.24, 2.45) is 5.73 Å². The quantitative estimate of drug-likeness (QED) is 0.227. The fourth-order valence-corrected chi connectivity index (χ4v) is 4.51. The molecule has 0 aliphatic carbocycles. The summed E-state index contributed by atoms with van der Waals surface area (Å²) in [6.45, 7) is 13.2. The normalized spacial score (nSPS) is 12.5. The molecule has 0 radical (unpaired) electrons. The zero-order valence-corrected chi connectivity index (χ0v) is 25.6. The lowest BCUT2D eigenvalue weighted by Gasteiger charge is -2.35. The van der Waals surface area contributed by atoms with Gasteiger partial charge in [0, 0.05) is 18.7 Å². The number of nitrogens with one attached hydrogen (secondary N) is 2. The third kappa shape index (κ3) is 11.0. The molecule has 9 nitrogen and oxygen atoms in total. The minimum Gasteiger partial charge on any atom is -0.444 e. The summed E-state index contributed by atoms with van der Waals surface area (Å²) in [5.41, 5.74) is 7.49. The van der Waals surface area contributed by atoms with E-state index in [9.17, 15) is 19.2 Å². The summed E-state index contributed by atoms with van der Waals surface area (Å²) < 4.78 is 5.41. The maximum absolute atomic E-state index is 14.3. The van der Waals surface area contributed by atoms with Crippen LogP contribution in [0.2, 0.25) is 0 Å². The van der Waals surface area contributed by atoms with Gasteiger partial charge in [-0.05, 0) is 69.4 Å². The first-order valence-corrected chi connectivity index (χ1v) is 14.5. The molecule has 42 heavy (non-hydrogen) atoms. The maximum Gasteiger partial charge on any atom is 0.408 e. The van der Waals surface area contributed by atoms with Crippen LogP contribution in [-0.4, -0.2) is 46.9 Å². The van der Waals surface area contributed by atoms with Gasteiger partial charge in [0.05, 0.1) is 0 Å². The van der Waals surface area contributed by atoms with Gasteiger partial charge in [0.15, 0.2) is 0 Å². The molecule has 2 aromatic rings. The van der Waals surface area contributed by atoms with E-state index < -0.39 is 41.5 Å². The average molecular weight is 579 g/mol. The van der Waals surface area contributed by atoms with E-state index in [-0.39, 0.29) is 19.4 Å². The number of nitrogens with two attached hydrogens (primary N) is 1. The average Bonchev–Trinajstić information content (AvgIpc) is 2.92. The first kappa shape index (κ1) is 34.1. The van der Waals surface area contributed by atoms with Gasteiger partial charge in [0.2, 0.25) is 11.8 Å². The number of unbranched alkanes of at least 4 members (excludes halogenated alkanes) is 3. The zero-order chi connectivity index (χ0) is 31.3. The number of alkyl carbamates (subject to hydrolysis) is 1. The third-order valence-electron chi connectivity index (χ3n) is 6.63. The second kappa shape index (κ2) is 16.3. The van der Waals surface area contributed by atoms with E-state index >= 15 is 0 Å². The molecule has 2 rings (SSSR count). The van der Waals surface area contributed by atoms with Crippen molar-refractivity contribution in [2.75, 3.05) is 11.9 Å². The van der Waals surface area contributed by atoms with Gasteiger partial charge in [0.25, 0.3) is 5.91 Å². The largest absolute Gasteiger partial charge is 0.444 e. The second-order valence-corrected chi connectivity index (χ2v) is 11.4. The van der Waals surface area contributed by atoms with E-state index in [0.29, 0.717) is 17.7 Å². The Kier molecular flexibility index (Phi) is 13.3. The fourth-order valence-electron chi connectivity index (χ4n) is 4.51. The van der Waals surface area contributed by atoms with Crippen LogP contribution in [-0.2, 0) is 19.1 Å². The minimum atomic E-state index is -1.14. The SMILES string of the molecule is C=Cc1cccc(C(C(=O)Nc2ccccc2C)N(CCCCCC)C(=O)C(CCC(N)=O)NC(=O)OC(C)(C)C)c1. The molecule has 0 bridgehead atoms. The Morgan fingerprint density at radius 1 is 1.05 bits per heavy atom. The number of benzene rings is 2. The molecular formula is C33H46N4O5. The van der Waals surface area contributed by atoms with Gasteiger partial charge in [-0.15, -0.1) is 0 Å². The van der Waals surface area contributed by atoms with Gasteiger partial charge in [-0.2, -0.15) is 0 Å². The molecule has 0 aliphatic heterocycles. The number of ether oxygens (including phenoxy) is 1. The topological polar surface area (TPSA) is 131 Å². The van der Waals surface area contributed by atoms with Crippen LogP contribution in [0.15, 0.2) is 55.1 Å². The predicted octanol–water partition coefficient (Wildman–Crippen LogP) is 5.89. The van der Waals surface area contributed by atoms with E-state index in [2.05, 4.69) is 24.1 Å². The fraction of sp³-hybridized carbons (Fsp3) is 0.455. The minimum absolute atomic E-state index is 0.0439. The number of carbonyl (C=O) groups is 4. The monoisotopic (exact) mass is 578 g/mol. The number of para-hydroxylation sites is 1.